The fourth-order valence-electron chi connectivity index (χ4n) is 3.09. The Morgan fingerprint density at radius 1 is 1.12 bits per heavy atom. The Labute approximate surface area is 96.2 Å². The summed E-state index contributed by atoms with van der Waals surface area (Å²) in [6, 6.07) is 0. The van der Waals surface area contributed by atoms with E-state index in [4.69, 9.17) is 5.73 Å². The highest BCUT2D eigenvalue weighted by molar-refractivity contribution is 5.96. The molecule has 2 amide bonds. The molecule has 4 nitrogen and oxygen atoms in total. The third-order valence-corrected chi connectivity index (χ3v) is 3.97. The molecule has 0 aromatic heterocycles. The lowest BCUT2D eigenvalue weighted by molar-refractivity contribution is -0.137. The molecule has 0 aromatic carbocycles. The van der Waals surface area contributed by atoms with Crippen LogP contribution in [0.5, 0.6) is 0 Å². The van der Waals surface area contributed by atoms with E-state index in [0.717, 1.165) is 25.4 Å². The highest BCUT2D eigenvalue weighted by Crippen LogP contribution is 2.36. The highest BCUT2D eigenvalue weighted by Gasteiger charge is 2.32. The van der Waals surface area contributed by atoms with Crippen molar-refractivity contribution in [2.45, 2.75) is 38.5 Å². The second-order valence-corrected chi connectivity index (χ2v) is 5.08. The normalized spacial score (nSPS) is 29.6. The maximum atomic E-state index is 11.7. The Hall–Kier alpha value is -1.06. The van der Waals surface area contributed by atoms with Crippen LogP contribution in [0.2, 0.25) is 0 Å². The van der Waals surface area contributed by atoms with Crippen molar-refractivity contribution in [3.8, 4) is 0 Å². The SMILES string of the molecule is NC(=O)CC(=O)N1CCC2CCCCC2C1. The van der Waals surface area contributed by atoms with Gasteiger partial charge in [-0.15, -0.1) is 0 Å². The standard InChI is InChI=1S/C12H20N2O2/c13-11(15)7-12(16)14-6-5-9-3-1-2-4-10(9)8-14/h9-10H,1-8H2,(H2,13,15). The molecule has 4 heteroatoms. The lowest BCUT2D eigenvalue weighted by Crippen LogP contribution is -2.45. The van der Waals surface area contributed by atoms with Crippen molar-refractivity contribution in [1.29, 1.82) is 0 Å². The second-order valence-electron chi connectivity index (χ2n) is 5.08. The van der Waals surface area contributed by atoms with Gasteiger partial charge in [-0.1, -0.05) is 19.3 Å². The van der Waals surface area contributed by atoms with Crippen molar-refractivity contribution in [2.75, 3.05) is 13.1 Å². The van der Waals surface area contributed by atoms with Crippen LogP contribution in [-0.4, -0.2) is 29.8 Å². The Morgan fingerprint density at radius 3 is 2.50 bits per heavy atom. The van der Waals surface area contributed by atoms with Gasteiger partial charge in [-0.3, -0.25) is 9.59 Å². The molecule has 1 saturated heterocycles. The lowest BCUT2D eigenvalue weighted by atomic mass is 9.75. The molecule has 0 spiro atoms. The summed E-state index contributed by atoms with van der Waals surface area (Å²) in [6.07, 6.45) is 6.18. The van der Waals surface area contributed by atoms with Crippen molar-refractivity contribution in [3.63, 3.8) is 0 Å². The molecule has 1 aliphatic carbocycles. The molecule has 1 saturated carbocycles. The highest BCUT2D eigenvalue weighted by atomic mass is 16.2. The van der Waals surface area contributed by atoms with Gasteiger partial charge < -0.3 is 10.6 Å². The van der Waals surface area contributed by atoms with Crippen LogP contribution < -0.4 is 5.73 Å². The number of fused-ring (bicyclic) bond motifs is 1. The first-order valence-electron chi connectivity index (χ1n) is 6.23. The van der Waals surface area contributed by atoms with Gasteiger partial charge in [-0.25, -0.2) is 0 Å². The molecule has 16 heavy (non-hydrogen) atoms. The summed E-state index contributed by atoms with van der Waals surface area (Å²) in [6.45, 7) is 1.66. The van der Waals surface area contributed by atoms with Gasteiger partial charge in [0.1, 0.15) is 6.42 Å². The average Bonchev–Trinajstić information content (AvgIpc) is 2.27. The lowest BCUT2D eigenvalue weighted by Gasteiger charge is -2.41. The topological polar surface area (TPSA) is 63.4 Å². The predicted molar refractivity (Wildman–Crippen MR) is 60.5 cm³/mol. The monoisotopic (exact) mass is 224 g/mol. The molecule has 0 radical (unpaired) electrons. The number of amides is 2. The molecular formula is C12H20N2O2. The van der Waals surface area contributed by atoms with Crippen LogP contribution in [0.3, 0.4) is 0 Å². The van der Waals surface area contributed by atoms with Crippen molar-refractivity contribution < 1.29 is 9.59 Å². The number of likely N-dealkylation sites (tertiary alicyclic amines) is 1. The van der Waals surface area contributed by atoms with E-state index in [2.05, 4.69) is 0 Å². The molecule has 2 fully saturated rings. The second kappa shape index (κ2) is 4.85. The zero-order chi connectivity index (χ0) is 11.5. The largest absolute Gasteiger partial charge is 0.369 e. The van der Waals surface area contributed by atoms with E-state index in [1.54, 1.807) is 0 Å². The smallest absolute Gasteiger partial charge is 0.232 e. The minimum absolute atomic E-state index is 0.0866. The third-order valence-electron chi connectivity index (χ3n) is 3.97. The van der Waals surface area contributed by atoms with E-state index >= 15 is 0 Å². The van der Waals surface area contributed by atoms with Gasteiger partial charge in [-0.05, 0) is 24.7 Å². The number of piperidine rings is 1. The van der Waals surface area contributed by atoms with Gasteiger partial charge in [0.25, 0.3) is 0 Å². The zero-order valence-electron chi connectivity index (χ0n) is 9.65. The molecular weight excluding hydrogens is 204 g/mol. The fourth-order valence-corrected chi connectivity index (χ4v) is 3.09. The van der Waals surface area contributed by atoms with Crippen LogP contribution in [0.4, 0.5) is 0 Å². The summed E-state index contributed by atoms with van der Waals surface area (Å²) >= 11 is 0. The molecule has 2 N–H and O–H groups in total. The van der Waals surface area contributed by atoms with Crippen molar-refractivity contribution >= 4 is 11.8 Å². The number of rotatable bonds is 2. The van der Waals surface area contributed by atoms with Gasteiger partial charge >= 0.3 is 0 Å². The first-order chi connectivity index (χ1) is 7.66. The number of hydrogen-bond acceptors (Lipinski definition) is 2. The van der Waals surface area contributed by atoms with E-state index in [1.807, 2.05) is 4.90 Å². The average molecular weight is 224 g/mol. The predicted octanol–water partition coefficient (Wildman–Crippen LogP) is 0.900. The van der Waals surface area contributed by atoms with Gasteiger partial charge in [-0.2, -0.15) is 0 Å². The Bertz CT molecular complexity index is 291. The number of primary amides is 1. The van der Waals surface area contributed by atoms with E-state index in [-0.39, 0.29) is 12.3 Å². The van der Waals surface area contributed by atoms with Crippen molar-refractivity contribution in [3.05, 3.63) is 0 Å². The Kier molecular flexibility index (Phi) is 3.46. The molecule has 2 aliphatic rings. The summed E-state index contributed by atoms with van der Waals surface area (Å²) in [5.74, 6) is 0.873. The minimum Gasteiger partial charge on any atom is -0.369 e. The van der Waals surface area contributed by atoms with Crippen LogP contribution in [0, 0.1) is 11.8 Å². The van der Waals surface area contributed by atoms with Gasteiger partial charge in [0.15, 0.2) is 0 Å². The van der Waals surface area contributed by atoms with Crippen LogP contribution in [-0.2, 0) is 9.59 Å². The van der Waals surface area contributed by atoms with E-state index < -0.39 is 5.91 Å². The molecule has 2 unspecified atom stereocenters. The van der Waals surface area contributed by atoms with Gasteiger partial charge in [0.05, 0.1) is 0 Å². The van der Waals surface area contributed by atoms with Crippen molar-refractivity contribution in [1.82, 2.24) is 4.90 Å². The zero-order valence-corrected chi connectivity index (χ0v) is 9.65. The van der Waals surface area contributed by atoms with Gasteiger partial charge in [0.2, 0.25) is 11.8 Å². The maximum Gasteiger partial charge on any atom is 0.232 e. The van der Waals surface area contributed by atoms with Crippen LogP contribution in [0.15, 0.2) is 0 Å². The van der Waals surface area contributed by atoms with Crippen LogP contribution in [0.25, 0.3) is 0 Å². The summed E-state index contributed by atoms with van der Waals surface area (Å²) < 4.78 is 0. The summed E-state index contributed by atoms with van der Waals surface area (Å²) in [7, 11) is 0. The van der Waals surface area contributed by atoms with Crippen LogP contribution in [0.1, 0.15) is 38.5 Å². The van der Waals surface area contributed by atoms with Crippen LogP contribution >= 0.6 is 0 Å². The van der Waals surface area contributed by atoms with E-state index in [0.29, 0.717) is 5.92 Å². The summed E-state index contributed by atoms with van der Waals surface area (Å²) in [4.78, 5) is 24.2. The maximum absolute atomic E-state index is 11.7. The first-order valence-corrected chi connectivity index (χ1v) is 6.23. The molecule has 2 atom stereocenters. The third kappa shape index (κ3) is 2.54. The summed E-state index contributed by atoms with van der Waals surface area (Å²) in [5, 5.41) is 0. The minimum atomic E-state index is -0.518. The number of nitrogens with zero attached hydrogens (tertiary/aromatic N) is 1. The van der Waals surface area contributed by atoms with E-state index in [1.165, 1.54) is 25.7 Å². The number of hydrogen-bond donors (Lipinski definition) is 1. The van der Waals surface area contributed by atoms with Crippen molar-refractivity contribution in [2.24, 2.45) is 17.6 Å². The molecule has 2 rings (SSSR count). The summed E-state index contributed by atoms with van der Waals surface area (Å²) in [5.41, 5.74) is 5.05. The number of carbonyl (C=O) groups excluding carboxylic acids is 2. The molecule has 1 heterocycles. The quantitative estimate of drug-likeness (QED) is 0.708. The Balaban J connectivity index is 1.89. The Morgan fingerprint density at radius 2 is 1.81 bits per heavy atom. The number of nitrogens with two attached hydrogens (primary N) is 1. The molecule has 1 aliphatic heterocycles. The first kappa shape index (κ1) is 11.4. The molecule has 0 bridgehead atoms. The molecule has 90 valence electrons. The number of carbonyl (C=O) groups is 2. The molecule has 0 aromatic rings. The van der Waals surface area contributed by atoms with Gasteiger partial charge in [0, 0.05) is 13.1 Å². The fraction of sp³-hybridized carbons (Fsp3) is 0.833. The van der Waals surface area contributed by atoms with E-state index in [9.17, 15) is 9.59 Å².